The molecule has 21 heavy (non-hydrogen) atoms. The number of hydrogen-bond acceptors (Lipinski definition) is 5. The molecular weight excluding hydrogens is 276 g/mol. The minimum absolute atomic E-state index is 0.0236. The molecule has 1 saturated heterocycles. The first-order valence-electron chi connectivity index (χ1n) is 6.47. The van der Waals surface area contributed by atoms with Crippen molar-refractivity contribution in [3.05, 3.63) is 33.9 Å². The number of nitrogens with one attached hydrogen (secondary N) is 1. The second-order valence-electron chi connectivity index (χ2n) is 5.02. The Morgan fingerprint density at radius 2 is 2.24 bits per heavy atom. The van der Waals surface area contributed by atoms with E-state index >= 15 is 0 Å². The first kappa shape index (κ1) is 14.8. The molecule has 0 spiro atoms. The summed E-state index contributed by atoms with van der Waals surface area (Å²) >= 11 is 0. The summed E-state index contributed by atoms with van der Waals surface area (Å²) < 4.78 is 0. The van der Waals surface area contributed by atoms with Gasteiger partial charge in [0.15, 0.2) is 0 Å². The highest BCUT2D eigenvalue weighted by Crippen LogP contribution is 2.21. The Bertz CT molecular complexity index is 602. The van der Waals surface area contributed by atoms with E-state index in [0.29, 0.717) is 19.4 Å². The van der Waals surface area contributed by atoms with E-state index in [1.165, 1.54) is 23.1 Å². The molecule has 2 rings (SSSR count). The maximum Gasteiger partial charge on any atom is 0.282 e. The van der Waals surface area contributed by atoms with Crippen LogP contribution >= 0.6 is 0 Å². The van der Waals surface area contributed by atoms with Crippen LogP contribution in [-0.4, -0.2) is 41.3 Å². The second kappa shape index (κ2) is 5.78. The summed E-state index contributed by atoms with van der Waals surface area (Å²) in [6, 6.07) is 3.65. The first-order valence-corrected chi connectivity index (χ1v) is 6.47. The Morgan fingerprint density at radius 3 is 2.86 bits per heavy atom. The molecule has 1 aromatic rings. The lowest BCUT2D eigenvalue weighted by molar-refractivity contribution is -0.385. The van der Waals surface area contributed by atoms with Gasteiger partial charge in [0.05, 0.1) is 4.92 Å². The zero-order valence-corrected chi connectivity index (χ0v) is 11.5. The number of nitro benzene ring substituents is 1. The minimum Gasteiger partial charge on any atom is -0.399 e. The molecule has 0 aliphatic carbocycles. The van der Waals surface area contributed by atoms with Gasteiger partial charge in [0.25, 0.3) is 11.6 Å². The van der Waals surface area contributed by atoms with Crippen molar-refractivity contribution in [3.63, 3.8) is 0 Å². The van der Waals surface area contributed by atoms with Crippen molar-refractivity contribution < 1.29 is 14.5 Å². The Kier molecular flexibility index (Phi) is 4.06. The van der Waals surface area contributed by atoms with Gasteiger partial charge in [-0.05, 0) is 18.6 Å². The summed E-state index contributed by atoms with van der Waals surface area (Å²) in [5.74, 6) is -0.530. The van der Waals surface area contributed by atoms with Gasteiger partial charge in [0, 0.05) is 37.8 Å². The monoisotopic (exact) mass is 292 g/mol. The number of carbonyl (C=O) groups is 2. The highest BCUT2D eigenvalue weighted by Gasteiger charge is 2.27. The number of likely N-dealkylation sites (tertiary alicyclic amines) is 1. The van der Waals surface area contributed by atoms with Crippen molar-refractivity contribution in [2.45, 2.75) is 18.9 Å². The van der Waals surface area contributed by atoms with Gasteiger partial charge in [-0.15, -0.1) is 0 Å². The van der Waals surface area contributed by atoms with Gasteiger partial charge in [0.1, 0.15) is 5.56 Å². The molecule has 1 aliphatic heterocycles. The van der Waals surface area contributed by atoms with E-state index < -0.39 is 10.8 Å². The Labute approximate surface area is 121 Å². The quantitative estimate of drug-likeness (QED) is 0.478. The number of likely N-dealkylation sites (N-methyl/N-ethyl adjacent to an activating group) is 1. The van der Waals surface area contributed by atoms with Crippen molar-refractivity contribution in [1.82, 2.24) is 10.2 Å². The SMILES string of the molecule is CN1CC(NC(=O)c2cc(N)ccc2[N+](=O)[O-])CCC1=O. The predicted octanol–water partition coefficient (Wildman–Crippen LogP) is 0.528. The molecule has 112 valence electrons. The number of nitro groups is 1. The van der Waals surface area contributed by atoms with Gasteiger partial charge in [0.2, 0.25) is 5.91 Å². The van der Waals surface area contributed by atoms with Crippen LogP contribution in [0.25, 0.3) is 0 Å². The van der Waals surface area contributed by atoms with Crippen LogP contribution in [-0.2, 0) is 4.79 Å². The molecule has 8 heteroatoms. The molecule has 1 atom stereocenters. The molecule has 2 amide bonds. The normalized spacial score (nSPS) is 18.4. The molecule has 1 aliphatic rings. The van der Waals surface area contributed by atoms with E-state index in [4.69, 9.17) is 5.73 Å². The third-order valence-electron chi connectivity index (χ3n) is 3.42. The lowest BCUT2D eigenvalue weighted by Crippen LogP contribution is -2.48. The third-order valence-corrected chi connectivity index (χ3v) is 3.42. The fourth-order valence-electron chi connectivity index (χ4n) is 2.29. The topological polar surface area (TPSA) is 119 Å². The number of anilines is 1. The highest BCUT2D eigenvalue weighted by atomic mass is 16.6. The number of hydrogen-bond donors (Lipinski definition) is 2. The summed E-state index contributed by atoms with van der Waals surface area (Å²) in [6.07, 6.45) is 0.867. The van der Waals surface area contributed by atoms with Crippen LogP contribution in [0.5, 0.6) is 0 Å². The number of carbonyl (C=O) groups excluding carboxylic acids is 2. The molecule has 0 saturated carbocycles. The molecular formula is C13H16N4O4. The number of amides is 2. The molecule has 1 fully saturated rings. The van der Waals surface area contributed by atoms with Crippen LogP contribution in [0.1, 0.15) is 23.2 Å². The minimum atomic E-state index is -0.620. The van der Waals surface area contributed by atoms with E-state index in [1.807, 2.05) is 0 Å². The van der Waals surface area contributed by atoms with Gasteiger partial charge in [-0.25, -0.2) is 0 Å². The summed E-state index contributed by atoms with van der Waals surface area (Å²) in [7, 11) is 1.66. The molecule has 0 aromatic heterocycles. The van der Waals surface area contributed by atoms with Crippen molar-refractivity contribution in [2.75, 3.05) is 19.3 Å². The molecule has 0 bridgehead atoms. The van der Waals surface area contributed by atoms with Gasteiger partial charge in [-0.2, -0.15) is 0 Å². The van der Waals surface area contributed by atoms with Gasteiger partial charge in [-0.3, -0.25) is 19.7 Å². The van der Waals surface area contributed by atoms with E-state index in [1.54, 1.807) is 7.05 Å². The van der Waals surface area contributed by atoms with Crippen LogP contribution < -0.4 is 11.1 Å². The summed E-state index contributed by atoms with van der Waals surface area (Å²) in [5.41, 5.74) is 5.50. The summed E-state index contributed by atoms with van der Waals surface area (Å²) in [4.78, 5) is 35.5. The number of nitrogens with two attached hydrogens (primary N) is 1. The van der Waals surface area contributed by atoms with Crippen molar-refractivity contribution in [2.24, 2.45) is 0 Å². The lowest BCUT2D eigenvalue weighted by Gasteiger charge is -2.30. The van der Waals surface area contributed by atoms with Crippen molar-refractivity contribution in [1.29, 1.82) is 0 Å². The Morgan fingerprint density at radius 1 is 1.52 bits per heavy atom. The van der Waals surface area contributed by atoms with Crippen LogP contribution in [0.3, 0.4) is 0 Å². The van der Waals surface area contributed by atoms with E-state index in [2.05, 4.69) is 5.32 Å². The third kappa shape index (κ3) is 3.28. The standard InChI is InChI=1S/C13H16N4O4/c1-16-7-9(3-5-12(16)18)15-13(19)10-6-8(14)2-4-11(10)17(20)21/h2,4,6,9H,3,5,7,14H2,1H3,(H,15,19). The Balaban J connectivity index is 2.15. The van der Waals surface area contributed by atoms with Crippen LogP contribution in [0.15, 0.2) is 18.2 Å². The Hall–Kier alpha value is -2.64. The molecule has 8 nitrogen and oxygen atoms in total. The summed E-state index contributed by atoms with van der Waals surface area (Å²) in [5, 5.41) is 13.7. The van der Waals surface area contributed by atoms with Gasteiger partial charge < -0.3 is 16.0 Å². The average Bonchev–Trinajstić information content (AvgIpc) is 2.42. The number of nitrogen functional groups attached to an aromatic ring is 1. The highest BCUT2D eigenvalue weighted by molar-refractivity contribution is 5.99. The maximum absolute atomic E-state index is 12.2. The zero-order valence-electron chi connectivity index (χ0n) is 11.5. The van der Waals surface area contributed by atoms with Crippen molar-refractivity contribution >= 4 is 23.2 Å². The fraction of sp³-hybridized carbons (Fsp3) is 0.385. The largest absolute Gasteiger partial charge is 0.399 e. The van der Waals surface area contributed by atoms with Crippen LogP contribution in [0.4, 0.5) is 11.4 Å². The molecule has 1 unspecified atom stereocenters. The fourth-order valence-corrected chi connectivity index (χ4v) is 2.29. The predicted molar refractivity (Wildman–Crippen MR) is 75.6 cm³/mol. The van der Waals surface area contributed by atoms with E-state index in [0.717, 1.165) is 0 Å². The van der Waals surface area contributed by atoms with Gasteiger partial charge in [-0.1, -0.05) is 0 Å². The maximum atomic E-state index is 12.2. The molecule has 0 radical (unpaired) electrons. The number of nitrogens with zero attached hydrogens (tertiary/aromatic N) is 2. The van der Waals surface area contributed by atoms with Gasteiger partial charge >= 0.3 is 0 Å². The second-order valence-corrected chi connectivity index (χ2v) is 5.02. The number of benzene rings is 1. The smallest absolute Gasteiger partial charge is 0.282 e. The van der Waals surface area contributed by atoms with E-state index in [9.17, 15) is 19.7 Å². The average molecular weight is 292 g/mol. The summed E-state index contributed by atoms with van der Waals surface area (Å²) in [6.45, 7) is 0.390. The lowest BCUT2D eigenvalue weighted by atomic mass is 10.0. The first-order chi connectivity index (χ1) is 9.88. The van der Waals surface area contributed by atoms with Crippen LogP contribution in [0, 0.1) is 10.1 Å². The number of piperidine rings is 1. The molecule has 3 N–H and O–H groups in total. The number of rotatable bonds is 3. The van der Waals surface area contributed by atoms with E-state index in [-0.39, 0.29) is 28.9 Å². The molecule has 1 heterocycles. The molecule has 1 aromatic carbocycles. The zero-order chi connectivity index (χ0) is 15.6. The van der Waals surface area contributed by atoms with Crippen molar-refractivity contribution in [3.8, 4) is 0 Å². The van der Waals surface area contributed by atoms with Crippen LogP contribution in [0.2, 0.25) is 0 Å².